The highest BCUT2D eigenvalue weighted by atomic mass is 16.6. The molecule has 194 valence electrons. The molecular weight excluding hydrogens is 490 g/mol. The first-order chi connectivity index (χ1) is 18.7. The lowest BCUT2D eigenvalue weighted by Gasteiger charge is -2.21. The molecule has 6 rings (SSSR count). The summed E-state index contributed by atoms with van der Waals surface area (Å²) in [7, 11) is 0. The Labute approximate surface area is 225 Å². The third-order valence-electron chi connectivity index (χ3n) is 6.73. The number of benzene rings is 3. The van der Waals surface area contributed by atoms with E-state index in [4.69, 9.17) is 4.74 Å². The minimum absolute atomic E-state index is 0.119. The Hall–Kier alpha value is -4.91. The summed E-state index contributed by atoms with van der Waals surface area (Å²) in [6, 6.07) is 26.1. The first kappa shape index (κ1) is 24.4. The number of carbonyl (C=O) groups is 3. The average Bonchev–Trinajstić information content (AvgIpc) is 3.60. The van der Waals surface area contributed by atoms with Crippen LogP contribution in [-0.2, 0) is 9.53 Å². The fraction of sp³-hybridized carbons (Fsp3) is 0.156. The van der Waals surface area contributed by atoms with Gasteiger partial charge in [-0.15, -0.1) is 0 Å². The van der Waals surface area contributed by atoms with Crippen LogP contribution in [0.2, 0.25) is 0 Å². The number of hydrogen-bond acceptors (Lipinski definition) is 4. The van der Waals surface area contributed by atoms with E-state index in [1.165, 1.54) is 11.0 Å². The summed E-state index contributed by atoms with van der Waals surface area (Å²) in [5.74, 6) is -0.723. The van der Waals surface area contributed by atoms with Crippen molar-refractivity contribution in [3.05, 3.63) is 102 Å². The van der Waals surface area contributed by atoms with E-state index in [9.17, 15) is 14.4 Å². The number of amides is 2. The molecule has 0 saturated heterocycles. The summed E-state index contributed by atoms with van der Waals surface area (Å²) in [4.78, 5) is 44.5. The van der Waals surface area contributed by atoms with Crippen LogP contribution in [0.15, 0.2) is 91.0 Å². The third kappa shape index (κ3) is 4.32. The van der Waals surface area contributed by atoms with Crippen molar-refractivity contribution in [2.75, 3.05) is 6.54 Å². The van der Waals surface area contributed by atoms with Gasteiger partial charge in [0.1, 0.15) is 5.60 Å². The molecule has 0 atom stereocenters. The molecule has 7 nitrogen and oxygen atoms in total. The molecular formula is C32H27N3O4. The Balaban J connectivity index is 1.52. The van der Waals surface area contributed by atoms with Gasteiger partial charge >= 0.3 is 6.09 Å². The van der Waals surface area contributed by atoms with Crippen LogP contribution in [0.5, 0.6) is 0 Å². The number of ether oxygens (including phenoxy) is 1. The first-order valence-corrected chi connectivity index (χ1v) is 12.8. The highest BCUT2D eigenvalue weighted by Gasteiger charge is 2.32. The molecule has 0 unspecified atom stereocenters. The molecule has 0 bridgehead atoms. The standard InChI is InChI=1S/C32H27N3O4/c1-32(2,3)39-31(38)35-25-16-10-7-13-21(25)17-26(35)29-28(23-14-8-9-15-24(23)33-29)22-18-27(36)34(19-22)30(37)20-11-5-4-6-12-20/h4-18,33H,19H2,1-3H3. The molecule has 0 saturated carbocycles. The van der Waals surface area contributed by atoms with Gasteiger partial charge in [0.25, 0.3) is 11.8 Å². The molecule has 1 aliphatic heterocycles. The number of fused-ring (bicyclic) bond motifs is 2. The molecule has 0 fully saturated rings. The quantitative estimate of drug-likeness (QED) is 0.272. The lowest BCUT2D eigenvalue weighted by molar-refractivity contribution is -0.122. The number of aromatic nitrogens is 2. The van der Waals surface area contributed by atoms with Crippen molar-refractivity contribution in [3.63, 3.8) is 0 Å². The van der Waals surface area contributed by atoms with Crippen molar-refractivity contribution in [2.24, 2.45) is 0 Å². The zero-order valence-electron chi connectivity index (χ0n) is 21.9. The molecule has 7 heteroatoms. The minimum atomic E-state index is -0.693. The lowest BCUT2D eigenvalue weighted by Crippen LogP contribution is -2.32. The molecule has 1 aliphatic rings. The number of nitrogens with one attached hydrogen (secondary N) is 1. The predicted molar refractivity (Wildman–Crippen MR) is 151 cm³/mol. The van der Waals surface area contributed by atoms with Crippen LogP contribution < -0.4 is 0 Å². The molecule has 0 radical (unpaired) electrons. The number of hydrogen-bond donors (Lipinski definition) is 1. The highest BCUT2D eigenvalue weighted by Crippen LogP contribution is 2.40. The van der Waals surface area contributed by atoms with Crippen molar-refractivity contribution < 1.29 is 19.1 Å². The van der Waals surface area contributed by atoms with Crippen LogP contribution in [0.1, 0.15) is 36.7 Å². The number of rotatable bonds is 3. The lowest BCUT2D eigenvalue weighted by atomic mass is 10.0. The maximum absolute atomic E-state index is 13.5. The van der Waals surface area contributed by atoms with Gasteiger partial charge in [0.05, 0.1) is 23.4 Å². The van der Waals surface area contributed by atoms with Crippen molar-refractivity contribution in [3.8, 4) is 11.4 Å². The number of para-hydroxylation sites is 2. The van der Waals surface area contributed by atoms with Crippen molar-refractivity contribution in [1.82, 2.24) is 14.5 Å². The Morgan fingerprint density at radius 1 is 0.897 bits per heavy atom. The van der Waals surface area contributed by atoms with Crippen LogP contribution in [-0.4, -0.2) is 44.5 Å². The maximum atomic E-state index is 13.5. The summed E-state index contributed by atoms with van der Waals surface area (Å²) in [6.45, 7) is 5.61. The molecule has 2 amide bonds. The summed E-state index contributed by atoms with van der Waals surface area (Å²) < 4.78 is 7.36. The van der Waals surface area contributed by atoms with E-state index in [0.29, 0.717) is 28.0 Å². The Morgan fingerprint density at radius 2 is 1.59 bits per heavy atom. The molecule has 2 aromatic heterocycles. The van der Waals surface area contributed by atoms with E-state index < -0.39 is 11.7 Å². The normalized spacial score (nSPS) is 13.8. The van der Waals surface area contributed by atoms with Gasteiger partial charge in [-0.25, -0.2) is 9.36 Å². The summed E-state index contributed by atoms with van der Waals surface area (Å²) in [6.07, 6.45) is 1.01. The number of carbonyl (C=O) groups excluding carboxylic acids is 3. The zero-order chi connectivity index (χ0) is 27.3. The largest absolute Gasteiger partial charge is 0.443 e. The second-order valence-electron chi connectivity index (χ2n) is 10.6. The molecule has 0 aliphatic carbocycles. The van der Waals surface area contributed by atoms with Gasteiger partial charge in [0.2, 0.25) is 0 Å². The van der Waals surface area contributed by atoms with Crippen molar-refractivity contribution >= 4 is 45.3 Å². The van der Waals surface area contributed by atoms with Gasteiger partial charge in [0.15, 0.2) is 0 Å². The van der Waals surface area contributed by atoms with Crippen LogP contribution in [0.3, 0.4) is 0 Å². The number of aromatic amines is 1. The molecule has 5 aromatic rings. The van der Waals surface area contributed by atoms with E-state index in [1.807, 2.05) is 81.4 Å². The fourth-order valence-electron chi connectivity index (χ4n) is 5.09. The Kier molecular flexibility index (Phi) is 5.72. The second kappa shape index (κ2) is 9.13. The summed E-state index contributed by atoms with van der Waals surface area (Å²) >= 11 is 0. The van der Waals surface area contributed by atoms with E-state index in [0.717, 1.165) is 21.9 Å². The van der Waals surface area contributed by atoms with Gasteiger partial charge in [0, 0.05) is 33.5 Å². The van der Waals surface area contributed by atoms with Gasteiger partial charge in [-0.2, -0.15) is 0 Å². The van der Waals surface area contributed by atoms with Crippen LogP contribution in [0.25, 0.3) is 38.8 Å². The predicted octanol–water partition coefficient (Wildman–Crippen LogP) is 6.64. The monoisotopic (exact) mass is 517 g/mol. The highest BCUT2D eigenvalue weighted by molar-refractivity contribution is 6.16. The summed E-state index contributed by atoms with van der Waals surface area (Å²) in [5, 5.41) is 1.77. The van der Waals surface area contributed by atoms with E-state index in [-0.39, 0.29) is 18.4 Å². The number of H-pyrrole nitrogens is 1. The Bertz CT molecular complexity index is 1800. The smallest absolute Gasteiger partial charge is 0.419 e. The maximum Gasteiger partial charge on any atom is 0.419 e. The first-order valence-electron chi connectivity index (χ1n) is 12.8. The SMILES string of the molecule is CC(C)(C)OC(=O)n1c(-c2[nH]c3ccccc3c2C2=CC(=O)N(C(=O)c3ccccc3)C2)cc2ccccc21. The second-order valence-corrected chi connectivity index (χ2v) is 10.6. The van der Waals surface area contributed by atoms with Crippen molar-refractivity contribution in [1.29, 1.82) is 0 Å². The zero-order valence-corrected chi connectivity index (χ0v) is 21.9. The van der Waals surface area contributed by atoms with E-state index >= 15 is 0 Å². The number of nitrogens with zero attached hydrogens (tertiary/aromatic N) is 2. The van der Waals surface area contributed by atoms with Gasteiger partial charge in [-0.1, -0.05) is 54.6 Å². The molecule has 39 heavy (non-hydrogen) atoms. The average molecular weight is 518 g/mol. The van der Waals surface area contributed by atoms with Crippen LogP contribution >= 0.6 is 0 Å². The Morgan fingerprint density at radius 3 is 2.36 bits per heavy atom. The van der Waals surface area contributed by atoms with Crippen LogP contribution in [0, 0.1) is 0 Å². The van der Waals surface area contributed by atoms with Gasteiger partial charge in [-0.05, 0) is 56.7 Å². The molecule has 0 spiro atoms. The van der Waals surface area contributed by atoms with Crippen molar-refractivity contribution in [2.45, 2.75) is 26.4 Å². The fourth-order valence-corrected chi connectivity index (χ4v) is 5.09. The van der Waals surface area contributed by atoms with E-state index in [2.05, 4.69) is 4.98 Å². The van der Waals surface area contributed by atoms with Crippen LogP contribution in [0.4, 0.5) is 4.79 Å². The summed E-state index contributed by atoms with van der Waals surface area (Å²) in [5.41, 5.74) is 4.07. The molecule has 3 heterocycles. The topological polar surface area (TPSA) is 84.4 Å². The molecule has 1 N–H and O–H groups in total. The van der Waals surface area contributed by atoms with E-state index in [1.54, 1.807) is 28.8 Å². The third-order valence-corrected chi connectivity index (χ3v) is 6.73. The van der Waals surface area contributed by atoms with Gasteiger partial charge in [-0.3, -0.25) is 14.5 Å². The molecule has 3 aromatic carbocycles. The number of imide groups is 1. The van der Waals surface area contributed by atoms with Gasteiger partial charge < -0.3 is 9.72 Å². The minimum Gasteiger partial charge on any atom is -0.443 e.